The minimum absolute atomic E-state index is 0.183. The van der Waals surface area contributed by atoms with Crippen molar-refractivity contribution in [2.75, 3.05) is 4.90 Å². The van der Waals surface area contributed by atoms with Gasteiger partial charge >= 0.3 is 0 Å². The van der Waals surface area contributed by atoms with E-state index in [1.165, 1.54) is 55.6 Å². The van der Waals surface area contributed by atoms with Gasteiger partial charge < -0.3 is 13.7 Å². The molecule has 1 aliphatic rings. The van der Waals surface area contributed by atoms with Crippen LogP contribution in [0, 0.1) is 0 Å². The van der Waals surface area contributed by atoms with Gasteiger partial charge in [0.2, 0.25) is 0 Å². The Hall–Kier alpha value is -9.18. The van der Waals surface area contributed by atoms with Crippen LogP contribution in [0.4, 0.5) is 17.1 Å². The molecule has 2 heterocycles. The SMILES string of the molecule is CC1(C)c2ccc(-c3ccc(N(c4ccc(-c5ccc6c(c5)oc5ccccc56)cc4)c4ccc(-c5cccc6c5oc5ccccc56)cc4)cc3)cc2-c2cc(-c3ccccc3)cc(-c3ccccc3)c21. The van der Waals surface area contributed by atoms with Gasteiger partial charge in [-0.05, 0) is 151 Å². The van der Waals surface area contributed by atoms with Crippen molar-refractivity contribution in [1.29, 1.82) is 0 Å². The maximum Gasteiger partial charge on any atom is 0.143 e. The predicted molar refractivity (Wildman–Crippen MR) is 300 cm³/mol. The van der Waals surface area contributed by atoms with Crippen LogP contribution in [0.5, 0.6) is 0 Å². The third-order valence-electron chi connectivity index (χ3n) is 15.1. The molecule has 3 heteroatoms. The van der Waals surface area contributed by atoms with Crippen LogP contribution in [0.1, 0.15) is 25.0 Å². The minimum Gasteiger partial charge on any atom is -0.456 e. The van der Waals surface area contributed by atoms with Gasteiger partial charge in [0.1, 0.15) is 22.3 Å². The van der Waals surface area contributed by atoms with Crippen LogP contribution in [0.2, 0.25) is 0 Å². The van der Waals surface area contributed by atoms with Crippen LogP contribution < -0.4 is 4.90 Å². The zero-order valence-corrected chi connectivity index (χ0v) is 39.9. The summed E-state index contributed by atoms with van der Waals surface area (Å²) in [6.45, 7) is 4.76. The first-order chi connectivity index (χ1) is 35.4. The molecule has 0 unspecified atom stereocenters. The Balaban J connectivity index is 0.848. The number of benzene rings is 11. The summed E-state index contributed by atoms with van der Waals surface area (Å²) in [5.41, 5.74) is 23.7. The Morgan fingerprint density at radius 1 is 0.292 bits per heavy atom. The van der Waals surface area contributed by atoms with Gasteiger partial charge in [0, 0.05) is 49.6 Å². The molecule has 0 saturated carbocycles. The van der Waals surface area contributed by atoms with Crippen molar-refractivity contribution >= 4 is 60.9 Å². The first-order valence-corrected chi connectivity index (χ1v) is 24.8. The molecule has 13 aromatic rings. The molecule has 340 valence electrons. The van der Waals surface area contributed by atoms with Crippen molar-refractivity contribution < 1.29 is 8.83 Å². The largest absolute Gasteiger partial charge is 0.456 e. The van der Waals surface area contributed by atoms with Gasteiger partial charge in [-0.25, -0.2) is 0 Å². The summed E-state index contributed by atoms with van der Waals surface area (Å²) in [6.07, 6.45) is 0. The van der Waals surface area contributed by atoms with Crippen LogP contribution >= 0.6 is 0 Å². The summed E-state index contributed by atoms with van der Waals surface area (Å²) in [4.78, 5) is 2.35. The van der Waals surface area contributed by atoms with E-state index in [1.807, 2.05) is 24.3 Å². The van der Waals surface area contributed by atoms with Crippen LogP contribution in [0.15, 0.2) is 258 Å². The number of rotatable bonds is 8. The average molecular weight is 922 g/mol. The van der Waals surface area contributed by atoms with Gasteiger partial charge in [0.25, 0.3) is 0 Å². The first-order valence-electron chi connectivity index (χ1n) is 24.8. The molecule has 0 fully saturated rings. The lowest BCUT2D eigenvalue weighted by atomic mass is 9.78. The number of hydrogen-bond donors (Lipinski definition) is 0. The number of hydrogen-bond acceptors (Lipinski definition) is 3. The third kappa shape index (κ3) is 6.81. The lowest BCUT2D eigenvalue weighted by molar-refractivity contribution is 0.662. The third-order valence-corrected chi connectivity index (χ3v) is 15.1. The van der Waals surface area contributed by atoms with Crippen LogP contribution in [-0.2, 0) is 5.41 Å². The molecule has 0 N–H and O–H groups in total. The Kier molecular flexibility index (Phi) is 9.56. The monoisotopic (exact) mass is 921 g/mol. The van der Waals surface area contributed by atoms with Gasteiger partial charge in [-0.3, -0.25) is 0 Å². The van der Waals surface area contributed by atoms with E-state index in [-0.39, 0.29) is 5.41 Å². The highest BCUT2D eigenvalue weighted by molar-refractivity contribution is 6.10. The second-order valence-electron chi connectivity index (χ2n) is 19.6. The summed E-state index contributed by atoms with van der Waals surface area (Å²) in [6, 6.07) is 89.8. The van der Waals surface area contributed by atoms with E-state index in [1.54, 1.807) is 0 Å². The second-order valence-corrected chi connectivity index (χ2v) is 19.6. The number of furan rings is 2. The minimum atomic E-state index is -0.183. The van der Waals surface area contributed by atoms with Crippen molar-refractivity contribution in [3.63, 3.8) is 0 Å². The molecule has 0 bridgehead atoms. The normalized spacial score (nSPS) is 12.7. The van der Waals surface area contributed by atoms with Crippen molar-refractivity contribution in [2.24, 2.45) is 0 Å². The Bertz CT molecular complexity index is 4200. The molecule has 72 heavy (non-hydrogen) atoms. The molecule has 11 aromatic carbocycles. The standard InChI is InChI=1S/C69H47NO2/c1-69(2)63-39-31-49(40-61(63)62-42-51(44-14-5-3-6-15-44)41-60(67(62)69)47-16-7-4-8-17-47)45-24-32-52(33-25-45)70(53-34-26-46(27-35-53)50-30-38-58-56-18-9-11-22-64(56)71-66(58)43-50)54-36-28-48(29-37-54)55-20-13-21-59-57-19-10-12-23-65(57)72-68(55)59/h3-43H,1-2H3. The zero-order chi connectivity index (χ0) is 47.9. The predicted octanol–water partition coefficient (Wildman–Crippen LogP) is 19.6. The van der Waals surface area contributed by atoms with Gasteiger partial charge in [0.15, 0.2) is 0 Å². The van der Waals surface area contributed by atoms with Crippen LogP contribution in [0.3, 0.4) is 0 Å². The molecule has 0 atom stereocenters. The highest BCUT2D eigenvalue weighted by Gasteiger charge is 2.38. The highest BCUT2D eigenvalue weighted by atomic mass is 16.3. The molecular weight excluding hydrogens is 875 g/mol. The summed E-state index contributed by atoms with van der Waals surface area (Å²) in [5, 5.41) is 4.52. The average Bonchev–Trinajstić information content (AvgIpc) is 4.09. The summed E-state index contributed by atoms with van der Waals surface area (Å²) >= 11 is 0. The molecule has 1 aliphatic carbocycles. The van der Waals surface area contributed by atoms with Gasteiger partial charge in [-0.1, -0.05) is 184 Å². The zero-order valence-electron chi connectivity index (χ0n) is 39.9. The van der Waals surface area contributed by atoms with E-state index in [4.69, 9.17) is 8.83 Å². The van der Waals surface area contributed by atoms with Crippen molar-refractivity contribution in [3.05, 3.63) is 260 Å². The molecule has 3 nitrogen and oxygen atoms in total. The fraction of sp³-hybridized carbons (Fsp3) is 0.0435. The Morgan fingerprint density at radius 3 is 1.42 bits per heavy atom. The molecule has 14 rings (SSSR count). The van der Waals surface area contributed by atoms with Crippen LogP contribution in [-0.4, -0.2) is 0 Å². The molecule has 0 saturated heterocycles. The van der Waals surface area contributed by atoms with Gasteiger partial charge in [-0.2, -0.15) is 0 Å². The summed E-state index contributed by atoms with van der Waals surface area (Å²) in [7, 11) is 0. The summed E-state index contributed by atoms with van der Waals surface area (Å²) < 4.78 is 12.8. The highest BCUT2D eigenvalue weighted by Crippen LogP contribution is 2.54. The smallest absolute Gasteiger partial charge is 0.143 e. The molecule has 0 aliphatic heterocycles. The number of nitrogens with zero attached hydrogens (tertiary/aromatic N) is 1. The second kappa shape index (κ2) is 16.5. The molecular formula is C69H47NO2. The molecule has 0 amide bonds. The quantitative estimate of drug-likeness (QED) is 0.152. The van der Waals surface area contributed by atoms with E-state index in [9.17, 15) is 0 Å². The van der Waals surface area contributed by atoms with Crippen LogP contribution in [0.25, 0.3) is 111 Å². The lowest BCUT2D eigenvalue weighted by Crippen LogP contribution is -2.16. The first kappa shape index (κ1) is 41.8. The fourth-order valence-corrected chi connectivity index (χ4v) is 11.5. The maximum absolute atomic E-state index is 6.47. The summed E-state index contributed by atoms with van der Waals surface area (Å²) in [5.74, 6) is 0. The lowest BCUT2D eigenvalue weighted by Gasteiger charge is -2.26. The topological polar surface area (TPSA) is 29.5 Å². The van der Waals surface area contributed by atoms with E-state index in [0.717, 1.165) is 83.2 Å². The van der Waals surface area contributed by atoms with E-state index in [2.05, 4.69) is 243 Å². The molecule has 0 spiro atoms. The Morgan fingerprint density at radius 2 is 0.750 bits per heavy atom. The molecule has 2 aromatic heterocycles. The number of fused-ring (bicyclic) bond motifs is 9. The number of para-hydroxylation sites is 3. The van der Waals surface area contributed by atoms with Crippen molar-refractivity contribution in [2.45, 2.75) is 19.3 Å². The van der Waals surface area contributed by atoms with E-state index < -0.39 is 0 Å². The Labute approximate surface area is 418 Å². The fourth-order valence-electron chi connectivity index (χ4n) is 11.5. The van der Waals surface area contributed by atoms with E-state index >= 15 is 0 Å². The molecule has 0 radical (unpaired) electrons. The van der Waals surface area contributed by atoms with Gasteiger partial charge in [0.05, 0.1) is 0 Å². The number of anilines is 3. The van der Waals surface area contributed by atoms with Gasteiger partial charge in [-0.15, -0.1) is 0 Å². The van der Waals surface area contributed by atoms with E-state index in [0.29, 0.717) is 0 Å². The van der Waals surface area contributed by atoms with Crippen molar-refractivity contribution in [3.8, 4) is 66.8 Å². The maximum atomic E-state index is 6.47. The van der Waals surface area contributed by atoms with Crippen molar-refractivity contribution in [1.82, 2.24) is 0 Å².